The van der Waals surface area contributed by atoms with Crippen LogP contribution in [0.1, 0.15) is 17.0 Å². The number of aliphatic hydroxyl groups excluding tert-OH is 1. The molecule has 1 amide bonds. The van der Waals surface area contributed by atoms with Crippen LogP contribution in [0.3, 0.4) is 0 Å². The van der Waals surface area contributed by atoms with Crippen molar-refractivity contribution in [2.45, 2.75) is 16.9 Å². The topological polar surface area (TPSA) is 137 Å². The van der Waals surface area contributed by atoms with Gasteiger partial charge in [-0.2, -0.15) is 13.5 Å². The number of carbonyl (C=O) groups excluding carboxylic acids is 1. The second-order valence-corrected chi connectivity index (χ2v) is 10.6. The molecule has 0 fully saturated rings. The van der Waals surface area contributed by atoms with E-state index < -0.39 is 28.6 Å². The van der Waals surface area contributed by atoms with Crippen LogP contribution < -0.4 is 11.1 Å². The lowest BCUT2D eigenvalue weighted by atomic mass is 9.91. The fourth-order valence-corrected chi connectivity index (χ4v) is 4.96. The SMILES string of the molecule is NC(=O)[C@H](CO)N/C(=N\S(=O)(=O)c1ccc(Cl)cc1)N1C[C@H](c2ccccc2)C(c2ccc(Cl)cc2)=N1. The Morgan fingerprint density at radius 2 is 1.65 bits per heavy atom. The molecule has 192 valence electrons. The minimum atomic E-state index is -4.26. The van der Waals surface area contributed by atoms with Crippen LogP contribution in [-0.4, -0.2) is 55.3 Å². The van der Waals surface area contributed by atoms with E-state index in [0.29, 0.717) is 15.8 Å². The number of hydrogen-bond acceptors (Lipinski definition) is 5. The molecule has 0 bridgehead atoms. The van der Waals surface area contributed by atoms with E-state index in [1.807, 2.05) is 42.5 Å². The molecule has 4 rings (SSSR count). The van der Waals surface area contributed by atoms with Crippen molar-refractivity contribution in [3.8, 4) is 0 Å². The van der Waals surface area contributed by atoms with Gasteiger partial charge in [-0.3, -0.25) is 4.79 Å². The van der Waals surface area contributed by atoms with Gasteiger partial charge in [0.25, 0.3) is 10.0 Å². The van der Waals surface area contributed by atoms with Gasteiger partial charge in [0, 0.05) is 16.0 Å². The molecule has 3 aromatic carbocycles. The lowest BCUT2D eigenvalue weighted by molar-refractivity contribution is -0.120. The summed E-state index contributed by atoms with van der Waals surface area (Å²) in [4.78, 5) is 11.8. The number of guanidine groups is 1. The summed E-state index contributed by atoms with van der Waals surface area (Å²) in [5.74, 6) is -1.42. The number of halogens is 2. The number of benzene rings is 3. The number of nitrogens with one attached hydrogen (secondary N) is 1. The predicted molar refractivity (Wildman–Crippen MR) is 143 cm³/mol. The van der Waals surface area contributed by atoms with Gasteiger partial charge in [-0.25, -0.2) is 5.01 Å². The third kappa shape index (κ3) is 6.28. The number of nitrogens with two attached hydrogens (primary N) is 1. The molecule has 0 spiro atoms. The highest BCUT2D eigenvalue weighted by Gasteiger charge is 2.34. The minimum Gasteiger partial charge on any atom is -0.394 e. The van der Waals surface area contributed by atoms with Crippen molar-refractivity contribution in [1.29, 1.82) is 0 Å². The van der Waals surface area contributed by atoms with Crippen LogP contribution in [-0.2, 0) is 14.8 Å². The zero-order valence-corrected chi connectivity index (χ0v) is 21.7. The molecule has 9 nitrogen and oxygen atoms in total. The average molecular weight is 560 g/mol. The molecule has 0 aliphatic carbocycles. The number of hydrogen-bond donors (Lipinski definition) is 3. The molecule has 2 atom stereocenters. The van der Waals surface area contributed by atoms with Crippen LogP contribution >= 0.6 is 23.2 Å². The summed E-state index contributed by atoms with van der Waals surface area (Å²) in [6.45, 7) is -0.486. The second kappa shape index (κ2) is 11.3. The molecule has 12 heteroatoms. The largest absolute Gasteiger partial charge is 0.394 e. The van der Waals surface area contributed by atoms with E-state index >= 15 is 0 Å². The minimum absolute atomic E-state index is 0.114. The molecule has 0 saturated carbocycles. The van der Waals surface area contributed by atoms with Gasteiger partial charge in [-0.05, 0) is 47.5 Å². The highest BCUT2D eigenvalue weighted by molar-refractivity contribution is 7.90. The van der Waals surface area contributed by atoms with Gasteiger partial charge in [0.15, 0.2) is 0 Å². The molecular weight excluding hydrogens is 537 g/mol. The van der Waals surface area contributed by atoms with E-state index in [0.717, 1.165) is 11.1 Å². The van der Waals surface area contributed by atoms with E-state index in [1.54, 1.807) is 12.1 Å². The van der Waals surface area contributed by atoms with Crippen LogP contribution in [0.25, 0.3) is 0 Å². The Morgan fingerprint density at radius 3 is 2.22 bits per heavy atom. The summed E-state index contributed by atoms with van der Waals surface area (Å²) in [5, 5.41) is 19.3. The van der Waals surface area contributed by atoms with Crippen LogP contribution in [0.4, 0.5) is 0 Å². The molecule has 3 aromatic rings. The average Bonchev–Trinajstić information content (AvgIpc) is 3.33. The van der Waals surface area contributed by atoms with Crippen molar-refractivity contribution >= 4 is 50.8 Å². The normalized spacial score (nSPS) is 16.8. The maximum atomic E-state index is 13.2. The van der Waals surface area contributed by atoms with Crippen molar-refractivity contribution in [3.05, 3.63) is 100 Å². The number of primary amides is 1. The van der Waals surface area contributed by atoms with E-state index in [2.05, 4.69) is 14.8 Å². The first-order valence-electron chi connectivity index (χ1n) is 11.1. The van der Waals surface area contributed by atoms with Crippen molar-refractivity contribution in [3.63, 3.8) is 0 Å². The second-order valence-electron chi connectivity index (χ2n) is 8.16. The number of carbonyl (C=O) groups is 1. The molecule has 0 saturated heterocycles. The number of sulfonamides is 1. The van der Waals surface area contributed by atoms with Crippen LogP contribution in [0, 0.1) is 0 Å². The Bertz CT molecular complexity index is 1430. The standard InChI is InChI=1S/C25H23Cl2N5O4S/c26-18-8-6-17(7-9-18)23-21(16-4-2-1-3-5-16)14-32(30-23)25(29-22(15-33)24(28)34)31-37(35,36)20-12-10-19(27)11-13-20/h1-13,21-22,33H,14-15H2,(H2,28,34)(H,29,31)/t21-,22+/m1/s1. The van der Waals surface area contributed by atoms with Crippen LogP contribution in [0.15, 0.2) is 93.3 Å². The van der Waals surface area contributed by atoms with Gasteiger partial charge in [0.1, 0.15) is 6.04 Å². The Balaban J connectivity index is 1.81. The first kappa shape index (κ1) is 26.6. The summed E-state index contributed by atoms with van der Waals surface area (Å²) in [7, 11) is -4.26. The Morgan fingerprint density at radius 1 is 1.05 bits per heavy atom. The Labute approximate surface area is 224 Å². The number of hydrazone groups is 1. The quantitative estimate of drug-likeness (QED) is 0.300. The summed E-state index contributed by atoms with van der Waals surface area (Å²) < 4.78 is 30.2. The van der Waals surface area contributed by atoms with Crippen LogP contribution in [0.5, 0.6) is 0 Å². The third-order valence-electron chi connectivity index (χ3n) is 5.65. The van der Waals surface area contributed by atoms with Gasteiger partial charge in [-0.1, -0.05) is 65.7 Å². The van der Waals surface area contributed by atoms with Crippen molar-refractivity contribution in [1.82, 2.24) is 10.3 Å². The third-order valence-corrected chi connectivity index (χ3v) is 7.43. The predicted octanol–water partition coefficient (Wildman–Crippen LogP) is 2.98. The van der Waals surface area contributed by atoms with Crippen molar-refractivity contribution in [2.24, 2.45) is 15.2 Å². The van der Waals surface area contributed by atoms with E-state index in [4.69, 9.17) is 28.9 Å². The molecule has 4 N–H and O–H groups in total. The van der Waals surface area contributed by atoms with Gasteiger partial charge < -0.3 is 16.2 Å². The maximum Gasteiger partial charge on any atom is 0.285 e. The van der Waals surface area contributed by atoms with Gasteiger partial charge >= 0.3 is 0 Å². The van der Waals surface area contributed by atoms with Crippen LogP contribution in [0.2, 0.25) is 10.0 Å². The zero-order valence-electron chi connectivity index (χ0n) is 19.3. The number of nitrogens with zero attached hydrogens (tertiary/aromatic N) is 3. The summed E-state index contributed by atoms with van der Waals surface area (Å²) in [6, 6.07) is 20.8. The fourth-order valence-electron chi connectivity index (χ4n) is 3.75. The molecular formula is C25H23Cl2N5O4S. The van der Waals surface area contributed by atoms with E-state index in [-0.39, 0.29) is 23.3 Å². The number of rotatable bonds is 7. The lowest BCUT2D eigenvalue weighted by Crippen LogP contribution is -2.51. The summed E-state index contributed by atoms with van der Waals surface area (Å²) >= 11 is 12.0. The molecule has 1 aliphatic heterocycles. The van der Waals surface area contributed by atoms with E-state index in [1.165, 1.54) is 29.3 Å². The summed E-state index contributed by atoms with van der Waals surface area (Å²) in [5.41, 5.74) is 7.74. The number of amides is 1. The zero-order chi connectivity index (χ0) is 26.6. The number of aliphatic hydroxyl groups is 1. The molecule has 0 aromatic heterocycles. The monoisotopic (exact) mass is 559 g/mol. The first-order valence-corrected chi connectivity index (χ1v) is 13.3. The highest BCUT2D eigenvalue weighted by Crippen LogP contribution is 2.30. The molecule has 1 heterocycles. The lowest BCUT2D eigenvalue weighted by Gasteiger charge is -2.22. The van der Waals surface area contributed by atoms with Gasteiger partial charge in [0.05, 0.1) is 23.8 Å². The Hall–Kier alpha value is -3.44. The fraction of sp³-hybridized carbons (Fsp3) is 0.160. The first-order chi connectivity index (χ1) is 17.7. The maximum absolute atomic E-state index is 13.2. The molecule has 1 aliphatic rings. The summed E-state index contributed by atoms with van der Waals surface area (Å²) in [6.07, 6.45) is 0. The van der Waals surface area contributed by atoms with Crippen molar-refractivity contribution < 1.29 is 18.3 Å². The van der Waals surface area contributed by atoms with Gasteiger partial charge in [0.2, 0.25) is 11.9 Å². The van der Waals surface area contributed by atoms with Gasteiger partial charge in [-0.15, -0.1) is 4.40 Å². The van der Waals surface area contributed by atoms with E-state index in [9.17, 15) is 18.3 Å². The Kier molecular flexibility index (Phi) is 8.13. The smallest absolute Gasteiger partial charge is 0.285 e. The highest BCUT2D eigenvalue weighted by atomic mass is 35.5. The van der Waals surface area contributed by atoms with Crippen molar-refractivity contribution in [2.75, 3.05) is 13.2 Å². The molecule has 37 heavy (non-hydrogen) atoms. The molecule has 0 radical (unpaired) electrons. The molecule has 0 unspecified atom stereocenters.